The Bertz CT molecular complexity index is 602. The SMILES string of the molecule is Cc1cc(C(=O)c2cccc(OC(F)F)c2)c(C)o1. The Morgan fingerprint density at radius 2 is 2.00 bits per heavy atom. The minimum absolute atomic E-state index is 0.0429. The van der Waals surface area contributed by atoms with Crippen molar-refractivity contribution in [2.24, 2.45) is 0 Å². The molecule has 2 aromatic rings. The minimum Gasteiger partial charge on any atom is -0.466 e. The molecule has 19 heavy (non-hydrogen) atoms. The predicted octanol–water partition coefficient (Wildman–Crippen LogP) is 3.73. The van der Waals surface area contributed by atoms with Gasteiger partial charge in [0.05, 0.1) is 5.56 Å². The number of ether oxygens (including phenoxy) is 1. The molecule has 5 heteroatoms. The minimum atomic E-state index is -2.91. The van der Waals surface area contributed by atoms with Crippen molar-refractivity contribution in [3.63, 3.8) is 0 Å². The summed E-state index contributed by atoms with van der Waals surface area (Å²) in [5.41, 5.74) is 0.703. The monoisotopic (exact) mass is 266 g/mol. The molecular formula is C14H12F2O3. The van der Waals surface area contributed by atoms with Gasteiger partial charge in [-0.25, -0.2) is 0 Å². The second kappa shape index (κ2) is 5.22. The number of carbonyl (C=O) groups is 1. The van der Waals surface area contributed by atoms with Gasteiger partial charge >= 0.3 is 6.61 Å². The Kier molecular flexibility index (Phi) is 3.64. The summed E-state index contributed by atoms with van der Waals surface area (Å²) in [6.45, 7) is 0.503. The normalized spacial score (nSPS) is 10.8. The first-order valence-electron chi connectivity index (χ1n) is 5.64. The lowest BCUT2D eigenvalue weighted by atomic mass is 10.0. The average Bonchev–Trinajstić information content (AvgIpc) is 2.67. The van der Waals surface area contributed by atoms with Crippen molar-refractivity contribution >= 4 is 5.78 Å². The van der Waals surface area contributed by atoms with Crippen molar-refractivity contribution in [3.05, 3.63) is 53.0 Å². The maximum Gasteiger partial charge on any atom is 0.387 e. The van der Waals surface area contributed by atoms with Gasteiger partial charge in [-0.05, 0) is 32.0 Å². The fourth-order valence-corrected chi connectivity index (χ4v) is 1.83. The number of halogens is 2. The highest BCUT2D eigenvalue weighted by atomic mass is 19.3. The third kappa shape index (κ3) is 2.99. The number of aryl methyl sites for hydroxylation is 2. The summed E-state index contributed by atoms with van der Waals surface area (Å²) in [5, 5.41) is 0. The van der Waals surface area contributed by atoms with E-state index in [1.54, 1.807) is 26.0 Å². The van der Waals surface area contributed by atoms with Crippen LogP contribution in [0.5, 0.6) is 5.75 Å². The van der Waals surface area contributed by atoms with Crippen LogP contribution in [0.4, 0.5) is 8.78 Å². The molecule has 2 rings (SSSR count). The predicted molar refractivity (Wildman–Crippen MR) is 64.7 cm³/mol. The van der Waals surface area contributed by atoms with E-state index >= 15 is 0 Å². The van der Waals surface area contributed by atoms with E-state index in [9.17, 15) is 13.6 Å². The summed E-state index contributed by atoms with van der Waals surface area (Å²) >= 11 is 0. The molecule has 0 radical (unpaired) electrons. The van der Waals surface area contributed by atoms with Crippen LogP contribution in [0.2, 0.25) is 0 Å². The zero-order valence-electron chi connectivity index (χ0n) is 10.4. The summed E-state index contributed by atoms with van der Waals surface area (Å²) in [5.74, 6) is 0.802. The zero-order valence-corrected chi connectivity index (χ0v) is 10.4. The van der Waals surface area contributed by atoms with Crippen molar-refractivity contribution < 1.29 is 22.7 Å². The number of hydrogen-bond acceptors (Lipinski definition) is 3. The third-order valence-electron chi connectivity index (χ3n) is 2.61. The summed E-state index contributed by atoms with van der Waals surface area (Å²) < 4.78 is 33.8. The number of alkyl halides is 2. The van der Waals surface area contributed by atoms with Crippen molar-refractivity contribution in [3.8, 4) is 5.75 Å². The quantitative estimate of drug-likeness (QED) is 0.791. The summed E-state index contributed by atoms with van der Waals surface area (Å²) in [6.07, 6.45) is 0. The number of carbonyl (C=O) groups excluding carboxylic acids is 1. The van der Waals surface area contributed by atoms with E-state index in [4.69, 9.17) is 4.42 Å². The van der Waals surface area contributed by atoms with E-state index in [2.05, 4.69) is 4.74 Å². The van der Waals surface area contributed by atoms with Crippen LogP contribution in [0.15, 0.2) is 34.7 Å². The first-order valence-corrected chi connectivity index (χ1v) is 5.64. The topological polar surface area (TPSA) is 39.4 Å². The van der Waals surface area contributed by atoms with Crippen molar-refractivity contribution in [1.82, 2.24) is 0 Å². The molecule has 3 nitrogen and oxygen atoms in total. The van der Waals surface area contributed by atoms with E-state index < -0.39 is 6.61 Å². The highest BCUT2D eigenvalue weighted by Gasteiger charge is 2.16. The standard InChI is InChI=1S/C14H12F2O3/c1-8-6-12(9(2)18-8)13(17)10-4-3-5-11(7-10)19-14(15)16/h3-7,14H,1-2H3. The van der Waals surface area contributed by atoms with Gasteiger partial charge in [0.25, 0.3) is 0 Å². The van der Waals surface area contributed by atoms with Crippen molar-refractivity contribution in [1.29, 1.82) is 0 Å². The number of furan rings is 1. The molecule has 0 unspecified atom stereocenters. The Morgan fingerprint density at radius 3 is 2.58 bits per heavy atom. The molecule has 0 fully saturated rings. The van der Waals surface area contributed by atoms with Gasteiger partial charge < -0.3 is 9.15 Å². The summed E-state index contributed by atoms with van der Waals surface area (Å²) in [6, 6.07) is 7.32. The number of ketones is 1. The van der Waals surface area contributed by atoms with Crippen molar-refractivity contribution in [2.45, 2.75) is 20.5 Å². The third-order valence-corrected chi connectivity index (χ3v) is 2.61. The molecule has 100 valence electrons. The fourth-order valence-electron chi connectivity index (χ4n) is 1.83. The molecule has 0 spiro atoms. The summed E-state index contributed by atoms with van der Waals surface area (Å²) in [7, 11) is 0. The first-order chi connectivity index (χ1) is 8.97. The Balaban J connectivity index is 2.31. The fraction of sp³-hybridized carbons (Fsp3) is 0.214. The molecular weight excluding hydrogens is 254 g/mol. The maximum absolute atomic E-state index is 12.2. The van der Waals surface area contributed by atoms with Crippen LogP contribution in [0.25, 0.3) is 0 Å². The molecule has 1 heterocycles. The Morgan fingerprint density at radius 1 is 1.26 bits per heavy atom. The van der Waals surface area contributed by atoms with Gasteiger partial charge in [-0.2, -0.15) is 8.78 Å². The van der Waals surface area contributed by atoms with E-state index in [0.717, 1.165) is 0 Å². The molecule has 0 saturated carbocycles. The number of rotatable bonds is 4. The molecule has 0 saturated heterocycles. The number of hydrogen-bond donors (Lipinski definition) is 0. The molecule has 0 amide bonds. The van der Waals surface area contributed by atoms with Crippen LogP contribution in [0.3, 0.4) is 0 Å². The lowest BCUT2D eigenvalue weighted by Crippen LogP contribution is -2.05. The maximum atomic E-state index is 12.2. The van der Waals surface area contributed by atoms with Crippen molar-refractivity contribution in [2.75, 3.05) is 0 Å². The number of benzene rings is 1. The van der Waals surface area contributed by atoms with Crippen LogP contribution in [-0.2, 0) is 0 Å². The highest BCUT2D eigenvalue weighted by molar-refractivity contribution is 6.09. The average molecular weight is 266 g/mol. The van der Waals surface area contributed by atoms with Gasteiger partial charge in [0, 0.05) is 5.56 Å². The van der Waals surface area contributed by atoms with Crippen LogP contribution in [0.1, 0.15) is 27.4 Å². The molecule has 0 aliphatic carbocycles. The Hall–Kier alpha value is -2.17. The van der Waals surface area contributed by atoms with Gasteiger partial charge in [0.15, 0.2) is 5.78 Å². The van der Waals surface area contributed by atoms with E-state index in [0.29, 0.717) is 17.1 Å². The lowest BCUT2D eigenvalue weighted by Gasteiger charge is -2.05. The molecule has 0 atom stereocenters. The van der Waals surface area contributed by atoms with E-state index in [1.807, 2.05) is 0 Å². The van der Waals surface area contributed by atoms with Gasteiger partial charge in [-0.15, -0.1) is 0 Å². The van der Waals surface area contributed by atoms with Crippen LogP contribution >= 0.6 is 0 Å². The molecule has 1 aromatic heterocycles. The highest BCUT2D eigenvalue weighted by Crippen LogP contribution is 2.21. The smallest absolute Gasteiger partial charge is 0.387 e. The van der Waals surface area contributed by atoms with Crippen LogP contribution < -0.4 is 4.74 Å². The molecule has 0 N–H and O–H groups in total. The molecule has 0 bridgehead atoms. The largest absolute Gasteiger partial charge is 0.466 e. The van der Waals surface area contributed by atoms with E-state index in [-0.39, 0.29) is 17.1 Å². The lowest BCUT2D eigenvalue weighted by molar-refractivity contribution is -0.0498. The van der Waals surface area contributed by atoms with Crippen LogP contribution in [-0.4, -0.2) is 12.4 Å². The molecule has 0 aliphatic heterocycles. The Labute approximate surface area is 108 Å². The molecule has 1 aromatic carbocycles. The zero-order chi connectivity index (χ0) is 14.0. The first kappa shape index (κ1) is 13.3. The van der Waals surface area contributed by atoms with Gasteiger partial charge in [-0.3, -0.25) is 4.79 Å². The van der Waals surface area contributed by atoms with E-state index in [1.165, 1.54) is 18.2 Å². The second-order valence-corrected chi connectivity index (χ2v) is 4.06. The van der Waals surface area contributed by atoms with Gasteiger partial charge in [-0.1, -0.05) is 12.1 Å². The van der Waals surface area contributed by atoms with Gasteiger partial charge in [0.1, 0.15) is 17.3 Å². The second-order valence-electron chi connectivity index (χ2n) is 4.06. The van der Waals surface area contributed by atoms with Crippen LogP contribution in [0, 0.1) is 13.8 Å². The van der Waals surface area contributed by atoms with Gasteiger partial charge in [0.2, 0.25) is 0 Å². The molecule has 0 aliphatic rings. The summed E-state index contributed by atoms with van der Waals surface area (Å²) in [4.78, 5) is 12.2.